The minimum absolute atomic E-state index is 0.0796. The van der Waals surface area contributed by atoms with Crippen LogP contribution in [0.15, 0.2) is 53.4 Å². The highest BCUT2D eigenvalue weighted by atomic mass is 32.2. The summed E-state index contributed by atoms with van der Waals surface area (Å²) in [6.07, 6.45) is 0. The maximum Gasteiger partial charge on any atom is 0.265 e. The Kier molecular flexibility index (Phi) is 5.02. The number of carbonyl (C=O) groups is 1. The molecule has 2 rings (SSSR count). The minimum atomic E-state index is -4.04. The van der Waals surface area contributed by atoms with Crippen molar-refractivity contribution in [3.05, 3.63) is 59.7 Å². The first kappa shape index (κ1) is 17.0. The van der Waals surface area contributed by atoms with Gasteiger partial charge < -0.3 is 10.8 Å². The lowest BCUT2D eigenvalue weighted by atomic mass is 10.2. The number of rotatable bonds is 6. The highest BCUT2D eigenvalue weighted by Gasteiger charge is 2.29. The van der Waals surface area contributed by atoms with Crippen molar-refractivity contribution in [2.75, 3.05) is 17.5 Å². The van der Waals surface area contributed by atoms with Gasteiger partial charge in [0.05, 0.1) is 24.4 Å². The van der Waals surface area contributed by atoms with Crippen LogP contribution in [0, 0.1) is 6.92 Å². The normalized spacial score (nSPS) is 11.2. The lowest BCUT2D eigenvalue weighted by Gasteiger charge is -2.26. The maximum absolute atomic E-state index is 13.0. The Labute approximate surface area is 135 Å². The Bertz CT molecular complexity index is 818. The number of nitrogens with zero attached hydrogens (tertiary/aromatic N) is 1. The van der Waals surface area contributed by atoms with Crippen LogP contribution in [0.4, 0.5) is 5.69 Å². The largest absolute Gasteiger partial charge is 0.394 e. The van der Waals surface area contributed by atoms with Crippen molar-refractivity contribution in [1.82, 2.24) is 0 Å². The van der Waals surface area contributed by atoms with Gasteiger partial charge in [0.15, 0.2) is 0 Å². The van der Waals surface area contributed by atoms with Crippen LogP contribution in [0.1, 0.15) is 15.9 Å². The van der Waals surface area contributed by atoms with E-state index in [4.69, 9.17) is 5.73 Å². The molecule has 0 aromatic heterocycles. The molecule has 0 spiro atoms. The fraction of sp³-hybridized carbons (Fsp3) is 0.188. The van der Waals surface area contributed by atoms with E-state index in [1.54, 1.807) is 37.3 Å². The third-order valence-electron chi connectivity index (χ3n) is 3.41. The molecular weight excluding hydrogens is 316 g/mol. The molecule has 0 fully saturated rings. The first-order valence-electron chi connectivity index (χ1n) is 6.97. The molecule has 0 heterocycles. The van der Waals surface area contributed by atoms with Gasteiger partial charge in [-0.3, -0.25) is 9.10 Å². The van der Waals surface area contributed by atoms with Gasteiger partial charge in [-0.1, -0.05) is 30.3 Å². The molecule has 0 aliphatic rings. The lowest BCUT2D eigenvalue weighted by molar-refractivity contribution is 0.0997. The summed E-state index contributed by atoms with van der Waals surface area (Å²) in [5, 5.41) is 9.28. The molecule has 0 saturated heterocycles. The van der Waals surface area contributed by atoms with Crippen LogP contribution >= 0.6 is 0 Å². The number of sulfonamides is 1. The molecule has 0 unspecified atom stereocenters. The van der Waals surface area contributed by atoms with E-state index in [9.17, 15) is 18.3 Å². The molecule has 0 aliphatic carbocycles. The van der Waals surface area contributed by atoms with Gasteiger partial charge in [0.2, 0.25) is 5.91 Å². The standard InChI is InChI=1S/C16H18N2O4S/c1-12-6-2-4-8-14(12)18(10-11-19)23(21,22)15-9-5-3-7-13(15)16(17)20/h2-9,19H,10-11H2,1H3,(H2,17,20). The van der Waals surface area contributed by atoms with E-state index < -0.39 is 15.9 Å². The molecule has 0 saturated carbocycles. The van der Waals surface area contributed by atoms with Crippen molar-refractivity contribution in [3.63, 3.8) is 0 Å². The zero-order valence-electron chi connectivity index (χ0n) is 12.6. The number of hydrogen-bond donors (Lipinski definition) is 2. The maximum atomic E-state index is 13.0. The summed E-state index contributed by atoms with van der Waals surface area (Å²) in [5.41, 5.74) is 6.39. The van der Waals surface area contributed by atoms with E-state index in [2.05, 4.69) is 0 Å². The van der Waals surface area contributed by atoms with E-state index in [-0.39, 0.29) is 23.6 Å². The summed E-state index contributed by atoms with van der Waals surface area (Å²) in [4.78, 5) is 11.4. The monoisotopic (exact) mass is 334 g/mol. The molecule has 2 aromatic carbocycles. The van der Waals surface area contributed by atoms with Gasteiger partial charge in [0, 0.05) is 0 Å². The van der Waals surface area contributed by atoms with E-state index in [1.807, 2.05) is 0 Å². The fourth-order valence-electron chi connectivity index (χ4n) is 2.32. The predicted octanol–water partition coefficient (Wildman–Crippen LogP) is 1.28. The van der Waals surface area contributed by atoms with Crippen molar-refractivity contribution < 1.29 is 18.3 Å². The third-order valence-corrected chi connectivity index (χ3v) is 5.28. The van der Waals surface area contributed by atoms with E-state index in [0.29, 0.717) is 5.69 Å². The average molecular weight is 334 g/mol. The van der Waals surface area contributed by atoms with Gasteiger partial charge in [-0.15, -0.1) is 0 Å². The number of aliphatic hydroxyl groups excluding tert-OH is 1. The molecule has 2 aromatic rings. The fourth-order valence-corrected chi connectivity index (χ4v) is 4.04. The van der Waals surface area contributed by atoms with Crippen LogP contribution in [0.2, 0.25) is 0 Å². The van der Waals surface area contributed by atoms with Gasteiger partial charge >= 0.3 is 0 Å². The van der Waals surface area contributed by atoms with Gasteiger partial charge in [0.25, 0.3) is 10.0 Å². The summed E-state index contributed by atoms with van der Waals surface area (Å²) in [7, 11) is -4.04. The molecule has 0 radical (unpaired) electrons. The number of aryl methyl sites for hydroxylation is 1. The summed E-state index contributed by atoms with van der Waals surface area (Å²) in [6, 6.07) is 12.7. The Balaban J connectivity index is 2.64. The van der Waals surface area contributed by atoms with Crippen molar-refractivity contribution >= 4 is 21.6 Å². The van der Waals surface area contributed by atoms with Crippen LogP contribution in [-0.2, 0) is 10.0 Å². The van der Waals surface area contributed by atoms with Gasteiger partial charge in [-0.2, -0.15) is 0 Å². The molecule has 23 heavy (non-hydrogen) atoms. The van der Waals surface area contributed by atoms with Crippen LogP contribution in [0.5, 0.6) is 0 Å². The number of amides is 1. The molecule has 7 heteroatoms. The Morgan fingerprint density at radius 1 is 1.13 bits per heavy atom. The van der Waals surface area contributed by atoms with E-state index in [1.165, 1.54) is 18.2 Å². The number of anilines is 1. The van der Waals surface area contributed by atoms with Crippen molar-refractivity contribution in [2.24, 2.45) is 5.73 Å². The number of carbonyl (C=O) groups excluding carboxylic acids is 1. The van der Waals surface area contributed by atoms with Gasteiger partial charge in [0.1, 0.15) is 4.90 Å². The molecule has 6 nitrogen and oxygen atoms in total. The smallest absolute Gasteiger partial charge is 0.265 e. The summed E-state index contributed by atoms with van der Waals surface area (Å²) in [6.45, 7) is 1.29. The molecule has 3 N–H and O–H groups in total. The summed E-state index contributed by atoms with van der Waals surface area (Å²) >= 11 is 0. The van der Waals surface area contributed by atoms with Crippen LogP contribution < -0.4 is 10.0 Å². The first-order valence-corrected chi connectivity index (χ1v) is 8.41. The SMILES string of the molecule is Cc1ccccc1N(CCO)S(=O)(=O)c1ccccc1C(N)=O. The van der Waals surface area contributed by atoms with Crippen LogP contribution in [-0.4, -0.2) is 32.6 Å². The van der Waals surface area contributed by atoms with Crippen molar-refractivity contribution in [2.45, 2.75) is 11.8 Å². The average Bonchev–Trinajstić information content (AvgIpc) is 2.53. The van der Waals surface area contributed by atoms with Crippen LogP contribution in [0.25, 0.3) is 0 Å². The molecule has 0 aliphatic heterocycles. The summed E-state index contributed by atoms with van der Waals surface area (Å²) < 4.78 is 27.1. The Morgan fingerprint density at radius 2 is 1.74 bits per heavy atom. The number of aliphatic hydroxyl groups is 1. The van der Waals surface area contributed by atoms with Crippen LogP contribution in [0.3, 0.4) is 0 Å². The Morgan fingerprint density at radius 3 is 2.35 bits per heavy atom. The highest BCUT2D eigenvalue weighted by molar-refractivity contribution is 7.93. The van der Waals surface area contributed by atoms with E-state index >= 15 is 0 Å². The quantitative estimate of drug-likeness (QED) is 0.831. The zero-order chi connectivity index (χ0) is 17.0. The van der Waals surface area contributed by atoms with E-state index in [0.717, 1.165) is 9.87 Å². The number of hydrogen-bond acceptors (Lipinski definition) is 4. The van der Waals surface area contributed by atoms with Crippen molar-refractivity contribution in [1.29, 1.82) is 0 Å². The van der Waals surface area contributed by atoms with Crippen molar-refractivity contribution in [3.8, 4) is 0 Å². The lowest BCUT2D eigenvalue weighted by Crippen LogP contribution is -2.35. The zero-order valence-corrected chi connectivity index (χ0v) is 13.5. The number of primary amides is 1. The molecule has 0 atom stereocenters. The second kappa shape index (κ2) is 6.80. The Hall–Kier alpha value is -2.38. The summed E-state index contributed by atoms with van der Waals surface area (Å²) in [5.74, 6) is -0.821. The topological polar surface area (TPSA) is 101 Å². The van der Waals surface area contributed by atoms with Gasteiger partial charge in [-0.05, 0) is 30.7 Å². The molecule has 122 valence electrons. The third kappa shape index (κ3) is 3.35. The molecule has 1 amide bonds. The second-order valence-corrected chi connectivity index (χ2v) is 6.78. The second-order valence-electron chi connectivity index (χ2n) is 4.95. The minimum Gasteiger partial charge on any atom is -0.394 e. The number of benzene rings is 2. The first-order chi connectivity index (χ1) is 10.9. The van der Waals surface area contributed by atoms with Gasteiger partial charge in [-0.25, -0.2) is 8.42 Å². The highest BCUT2D eigenvalue weighted by Crippen LogP contribution is 2.28. The predicted molar refractivity (Wildman–Crippen MR) is 87.8 cm³/mol. The molecular formula is C16H18N2O4S. The molecule has 0 bridgehead atoms. The number of nitrogens with two attached hydrogens (primary N) is 1. The number of para-hydroxylation sites is 1.